The standard InChI is InChI=1S/C18H12BrClF3N5O2S/c1-8(26-15(29)11-3-2-4-13(19)27-11)17-25-7-12(31-17)16(30)28-14-5-9(18(21,22)23)10(20)6-24-14/h2-8H,1H3,(H,26,29)(H,24,28,30)/t8-/m1/s1. The van der Waals surface area contributed by atoms with Gasteiger partial charge in [0.1, 0.15) is 26.0 Å². The van der Waals surface area contributed by atoms with Gasteiger partial charge in [0, 0.05) is 6.20 Å². The molecule has 3 rings (SSSR count). The van der Waals surface area contributed by atoms with Crippen molar-refractivity contribution in [3.8, 4) is 0 Å². The van der Waals surface area contributed by atoms with E-state index in [0.29, 0.717) is 15.7 Å². The lowest BCUT2D eigenvalue weighted by Crippen LogP contribution is -2.27. The molecule has 2 amide bonds. The summed E-state index contributed by atoms with van der Waals surface area (Å²) in [6.07, 6.45) is -2.62. The van der Waals surface area contributed by atoms with Crippen molar-refractivity contribution in [3.05, 3.63) is 67.4 Å². The lowest BCUT2D eigenvalue weighted by atomic mass is 10.2. The van der Waals surface area contributed by atoms with E-state index in [9.17, 15) is 22.8 Å². The van der Waals surface area contributed by atoms with Crippen molar-refractivity contribution in [2.45, 2.75) is 19.1 Å². The minimum Gasteiger partial charge on any atom is -0.342 e. The number of nitrogens with one attached hydrogen (secondary N) is 2. The van der Waals surface area contributed by atoms with Crippen LogP contribution in [0.25, 0.3) is 0 Å². The number of amides is 2. The third-order valence-electron chi connectivity index (χ3n) is 3.82. The van der Waals surface area contributed by atoms with Gasteiger partial charge in [-0.2, -0.15) is 13.2 Å². The summed E-state index contributed by atoms with van der Waals surface area (Å²) in [7, 11) is 0. The van der Waals surface area contributed by atoms with Crippen LogP contribution >= 0.6 is 38.9 Å². The van der Waals surface area contributed by atoms with Gasteiger partial charge in [-0.25, -0.2) is 15.0 Å². The summed E-state index contributed by atoms with van der Waals surface area (Å²) in [5.41, 5.74) is -0.910. The molecule has 7 nitrogen and oxygen atoms in total. The molecule has 0 aromatic carbocycles. The predicted octanol–water partition coefficient (Wildman–Crippen LogP) is 5.11. The molecule has 0 saturated carbocycles. The van der Waals surface area contributed by atoms with E-state index in [1.807, 2.05) is 0 Å². The van der Waals surface area contributed by atoms with Crippen LogP contribution in [0.15, 0.2) is 41.3 Å². The smallest absolute Gasteiger partial charge is 0.342 e. The molecule has 0 bridgehead atoms. The molecule has 31 heavy (non-hydrogen) atoms. The molecule has 0 unspecified atom stereocenters. The van der Waals surface area contributed by atoms with Gasteiger partial charge in [-0.15, -0.1) is 11.3 Å². The van der Waals surface area contributed by atoms with Crippen molar-refractivity contribution in [1.82, 2.24) is 20.3 Å². The number of thiazole rings is 1. The second kappa shape index (κ2) is 9.28. The van der Waals surface area contributed by atoms with E-state index in [0.717, 1.165) is 17.5 Å². The Labute approximate surface area is 191 Å². The minimum atomic E-state index is -4.69. The fraction of sp³-hybridized carbons (Fsp3) is 0.167. The number of aromatic nitrogens is 3. The summed E-state index contributed by atoms with van der Waals surface area (Å²) in [6.45, 7) is 1.67. The van der Waals surface area contributed by atoms with Crippen molar-refractivity contribution in [3.63, 3.8) is 0 Å². The number of rotatable bonds is 5. The van der Waals surface area contributed by atoms with Crippen molar-refractivity contribution >= 4 is 56.5 Å². The number of anilines is 1. The Morgan fingerprint density at radius 2 is 1.94 bits per heavy atom. The van der Waals surface area contributed by atoms with Gasteiger partial charge in [0.25, 0.3) is 11.8 Å². The van der Waals surface area contributed by atoms with E-state index in [2.05, 4.69) is 41.5 Å². The molecule has 0 spiro atoms. The maximum Gasteiger partial charge on any atom is 0.418 e. The van der Waals surface area contributed by atoms with Crippen molar-refractivity contribution in [2.75, 3.05) is 5.32 Å². The van der Waals surface area contributed by atoms with Crippen LogP contribution in [0.1, 0.15) is 43.7 Å². The second-order valence-electron chi connectivity index (χ2n) is 6.10. The number of alkyl halides is 3. The van der Waals surface area contributed by atoms with Crippen LogP contribution in [0.3, 0.4) is 0 Å². The molecule has 0 fully saturated rings. The Hall–Kier alpha value is -2.57. The topological polar surface area (TPSA) is 96.9 Å². The normalized spacial score (nSPS) is 12.3. The molecule has 0 saturated heterocycles. The molecular weight excluding hydrogens is 523 g/mol. The Balaban J connectivity index is 1.69. The summed E-state index contributed by atoms with van der Waals surface area (Å²) >= 11 is 9.69. The summed E-state index contributed by atoms with van der Waals surface area (Å²) in [4.78, 5) is 36.7. The highest BCUT2D eigenvalue weighted by atomic mass is 79.9. The van der Waals surface area contributed by atoms with Crippen LogP contribution in [0.4, 0.5) is 19.0 Å². The fourth-order valence-corrected chi connectivity index (χ4v) is 3.73. The van der Waals surface area contributed by atoms with E-state index in [1.54, 1.807) is 25.1 Å². The number of hydrogen-bond acceptors (Lipinski definition) is 6. The van der Waals surface area contributed by atoms with Gasteiger partial charge in [0.2, 0.25) is 0 Å². The Morgan fingerprint density at radius 1 is 1.19 bits per heavy atom. The first-order valence-corrected chi connectivity index (χ1v) is 10.5. The monoisotopic (exact) mass is 533 g/mol. The highest BCUT2D eigenvalue weighted by Crippen LogP contribution is 2.35. The van der Waals surface area contributed by atoms with E-state index < -0.39 is 34.6 Å². The zero-order chi connectivity index (χ0) is 22.8. The van der Waals surface area contributed by atoms with Crippen molar-refractivity contribution in [1.29, 1.82) is 0 Å². The van der Waals surface area contributed by atoms with Crippen LogP contribution < -0.4 is 10.6 Å². The van der Waals surface area contributed by atoms with Crippen LogP contribution in [0.5, 0.6) is 0 Å². The molecule has 1 atom stereocenters. The summed E-state index contributed by atoms with van der Waals surface area (Å²) < 4.78 is 39.4. The molecule has 13 heteroatoms. The zero-order valence-corrected chi connectivity index (χ0v) is 18.7. The quantitative estimate of drug-likeness (QED) is 0.444. The molecule has 2 N–H and O–H groups in total. The second-order valence-corrected chi connectivity index (χ2v) is 8.39. The summed E-state index contributed by atoms with van der Waals surface area (Å²) in [5, 5.41) is 4.85. The number of carbonyl (C=O) groups is 2. The third-order valence-corrected chi connectivity index (χ3v) is 5.74. The lowest BCUT2D eigenvalue weighted by molar-refractivity contribution is -0.137. The number of nitrogens with zero attached hydrogens (tertiary/aromatic N) is 3. The van der Waals surface area contributed by atoms with Gasteiger partial charge in [-0.1, -0.05) is 17.7 Å². The molecule has 3 aromatic heterocycles. The van der Waals surface area contributed by atoms with Gasteiger partial charge >= 0.3 is 6.18 Å². The van der Waals surface area contributed by atoms with Crippen LogP contribution in [0, 0.1) is 0 Å². The maximum atomic E-state index is 13.0. The predicted molar refractivity (Wildman–Crippen MR) is 112 cm³/mol. The SMILES string of the molecule is C[C@@H](NC(=O)c1cccc(Br)n1)c1ncc(C(=O)Nc2cc(C(F)(F)F)c(Cl)cn2)s1. The van der Waals surface area contributed by atoms with E-state index in [1.165, 1.54) is 6.20 Å². The van der Waals surface area contributed by atoms with Crippen molar-refractivity contribution < 1.29 is 22.8 Å². The first-order valence-electron chi connectivity index (χ1n) is 8.48. The van der Waals surface area contributed by atoms with E-state index in [-0.39, 0.29) is 16.4 Å². The summed E-state index contributed by atoms with van der Waals surface area (Å²) in [6, 6.07) is 5.00. The number of carbonyl (C=O) groups excluding carboxylic acids is 2. The van der Waals surface area contributed by atoms with Crippen LogP contribution in [-0.4, -0.2) is 26.8 Å². The molecule has 0 aliphatic heterocycles. The summed E-state index contributed by atoms with van der Waals surface area (Å²) in [5.74, 6) is -1.43. The molecule has 3 aromatic rings. The lowest BCUT2D eigenvalue weighted by Gasteiger charge is -2.11. The zero-order valence-electron chi connectivity index (χ0n) is 15.5. The molecule has 0 aliphatic carbocycles. The highest BCUT2D eigenvalue weighted by Gasteiger charge is 2.34. The highest BCUT2D eigenvalue weighted by molar-refractivity contribution is 9.10. The largest absolute Gasteiger partial charge is 0.418 e. The van der Waals surface area contributed by atoms with Gasteiger partial charge in [0.15, 0.2) is 0 Å². The average molecular weight is 535 g/mol. The average Bonchev–Trinajstić information content (AvgIpc) is 3.19. The molecule has 162 valence electrons. The van der Waals surface area contributed by atoms with Crippen molar-refractivity contribution in [2.24, 2.45) is 0 Å². The Bertz CT molecular complexity index is 1140. The molecule has 0 aliphatic rings. The number of hydrogen-bond donors (Lipinski definition) is 2. The van der Waals surface area contributed by atoms with E-state index in [4.69, 9.17) is 11.6 Å². The fourth-order valence-electron chi connectivity index (χ4n) is 2.36. The molecule has 0 radical (unpaired) electrons. The van der Waals surface area contributed by atoms with Gasteiger partial charge in [-0.3, -0.25) is 9.59 Å². The van der Waals surface area contributed by atoms with E-state index >= 15 is 0 Å². The molecule has 3 heterocycles. The Kier molecular flexibility index (Phi) is 6.92. The maximum absolute atomic E-state index is 13.0. The molecular formula is C18H12BrClF3N5O2S. The number of pyridine rings is 2. The Morgan fingerprint density at radius 3 is 2.61 bits per heavy atom. The third kappa shape index (κ3) is 5.77. The van der Waals surface area contributed by atoms with Gasteiger partial charge in [-0.05, 0) is 41.1 Å². The number of halogens is 5. The van der Waals surface area contributed by atoms with Gasteiger partial charge in [0.05, 0.1) is 22.8 Å². The minimum absolute atomic E-state index is 0.127. The van der Waals surface area contributed by atoms with Crippen LogP contribution in [-0.2, 0) is 6.18 Å². The van der Waals surface area contributed by atoms with Crippen LogP contribution in [0.2, 0.25) is 5.02 Å². The van der Waals surface area contributed by atoms with Gasteiger partial charge < -0.3 is 10.6 Å². The first-order chi connectivity index (χ1) is 14.5. The first kappa shape index (κ1) is 23.1.